The molecule has 9 heteroatoms. The van der Waals surface area contributed by atoms with Crippen LogP contribution in [0.2, 0.25) is 0 Å². The van der Waals surface area contributed by atoms with E-state index in [4.69, 9.17) is 4.74 Å². The standard InChI is InChI=1S/C12H19N3O5S/c1-9(2)20-12-8-10(4-5-11(12)15(16)17)14-6-7-21(18,19)13-3/h4-5,8-9,13-14H,6-7H2,1-3H3. The third-order valence-corrected chi connectivity index (χ3v) is 3.89. The Bertz CT molecular complexity index is 601. The molecule has 2 N–H and O–H groups in total. The van der Waals surface area contributed by atoms with E-state index < -0.39 is 14.9 Å². The molecule has 0 aliphatic rings. The van der Waals surface area contributed by atoms with E-state index in [9.17, 15) is 18.5 Å². The molecule has 0 fully saturated rings. The summed E-state index contributed by atoms with van der Waals surface area (Å²) < 4.78 is 30.2. The monoisotopic (exact) mass is 317 g/mol. The van der Waals surface area contributed by atoms with Crippen LogP contribution in [0.5, 0.6) is 5.75 Å². The van der Waals surface area contributed by atoms with Crippen LogP contribution in [0.1, 0.15) is 13.8 Å². The maximum absolute atomic E-state index is 11.3. The van der Waals surface area contributed by atoms with Crippen LogP contribution in [-0.4, -0.2) is 38.8 Å². The van der Waals surface area contributed by atoms with Gasteiger partial charge in [-0.3, -0.25) is 10.1 Å². The van der Waals surface area contributed by atoms with E-state index in [0.717, 1.165) is 0 Å². The number of rotatable bonds is 8. The number of ether oxygens (including phenoxy) is 1. The van der Waals surface area contributed by atoms with Gasteiger partial charge in [-0.2, -0.15) is 0 Å². The van der Waals surface area contributed by atoms with Crippen LogP contribution in [-0.2, 0) is 10.0 Å². The molecule has 21 heavy (non-hydrogen) atoms. The fraction of sp³-hybridized carbons (Fsp3) is 0.500. The maximum Gasteiger partial charge on any atom is 0.311 e. The Hall–Kier alpha value is -1.87. The lowest BCUT2D eigenvalue weighted by molar-refractivity contribution is -0.386. The molecule has 0 unspecified atom stereocenters. The quantitative estimate of drug-likeness (QED) is 0.553. The van der Waals surface area contributed by atoms with Crippen LogP contribution in [0.25, 0.3) is 0 Å². The number of nitrogens with one attached hydrogen (secondary N) is 2. The van der Waals surface area contributed by atoms with Gasteiger partial charge in [0.15, 0.2) is 5.75 Å². The minimum absolute atomic E-state index is 0.0964. The van der Waals surface area contributed by atoms with Crippen molar-refractivity contribution in [3.8, 4) is 5.75 Å². The molecule has 1 rings (SSSR count). The number of hydrogen-bond donors (Lipinski definition) is 2. The predicted molar refractivity (Wildman–Crippen MR) is 80.2 cm³/mol. The van der Waals surface area contributed by atoms with Crippen LogP contribution in [0, 0.1) is 10.1 Å². The summed E-state index contributed by atoms with van der Waals surface area (Å²) in [5.41, 5.74) is 0.430. The van der Waals surface area contributed by atoms with E-state index in [1.807, 2.05) is 0 Å². The number of hydrogen-bond acceptors (Lipinski definition) is 6. The van der Waals surface area contributed by atoms with Crippen molar-refractivity contribution >= 4 is 21.4 Å². The zero-order chi connectivity index (χ0) is 16.0. The van der Waals surface area contributed by atoms with Gasteiger partial charge in [-0.15, -0.1) is 0 Å². The fourth-order valence-corrected chi connectivity index (χ4v) is 2.13. The predicted octanol–water partition coefficient (Wildman–Crippen LogP) is 1.34. The number of anilines is 1. The molecule has 0 aromatic heterocycles. The Morgan fingerprint density at radius 2 is 2.05 bits per heavy atom. The van der Waals surface area contributed by atoms with E-state index in [-0.39, 0.29) is 29.8 Å². The van der Waals surface area contributed by atoms with Crippen molar-refractivity contribution in [2.75, 3.05) is 24.7 Å². The molecule has 0 saturated heterocycles. The topological polar surface area (TPSA) is 111 Å². The van der Waals surface area contributed by atoms with Gasteiger partial charge >= 0.3 is 5.69 Å². The van der Waals surface area contributed by atoms with Gasteiger partial charge in [0.05, 0.1) is 16.8 Å². The molecule has 1 aromatic rings. The average Bonchev–Trinajstić information content (AvgIpc) is 2.37. The van der Waals surface area contributed by atoms with Gasteiger partial charge in [0.1, 0.15) is 0 Å². The Balaban J connectivity index is 2.83. The molecule has 1 aromatic carbocycles. The molecule has 0 spiro atoms. The van der Waals surface area contributed by atoms with E-state index in [1.165, 1.54) is 25.2 Å². The number of nitro benzene ring substituents is 1. The van der Waals surface area contributed by atoms with Gasteiger partial charge in [0.25, 0.3) is 0 Å². The summed E-state index contributed by atoms with van der Waals surface area (Å²) >= 11 is 0. The number of benzene rings is 1. The summed E-state index contributed by atoms with van der Waals surface area (Å²) in [5.74, 6) is 0.0531. The highest BCUT2D eigenvalue weighted by atomic mass is 32.2. The first-order valence-electron chi connectivity index (χ1n) is 6.35. The molecule has 0 saturated carbocycles. The first kappa shape index (κ1) is 17.2. The van der Waals surface area contributed by atoms with Gasteiger partial charge in [-0.1, -0.05) is 0 Å². The number of sulfonamides is 1. The van der Waals surface area contributed by atoms with E-state index in [0.29, 0.717) is 5.69 Å². The zero-order valence-electron chi connectivity index (χ0n) is 12.1. The second-order valence-electron chi connectivity index (χ2n) is 4.56. The summed E-state index contributed by atoms with van der Waals surface area (Å²) in [6, 6.07) is 4.33. The molecule has 0 aliphatic heterocycles. The highest BCUT2D eigenvalue weighted by Gasteiger charge is 2.17. The smallest absolute Gasteiger partial charge is 0.311 e. The molecular weight excluding hydrogens is 298 g/mol. The van der Waals surface area contributed by atoms with Crippen molar-refractivity contribution in [3.63, 3.8) is 0 Å². The molecule has 0 amide bonds. The summed E-state index contributed by atoms with van der Waals surface area (Å²) in [6.07, 6.45) is -0.205. The van der Waals surface area contributed by atoms with E-state index in [2.05, 4.69) is 10.0 Å². The second kappa shape index (κ2) is 7.23. The zero-order valence-corrected chi connectivity index (χ0v) is 12.9. The SMILES string of the molecule is CNS(=O)(=O)CCNc1ccc([N+](=O)[O-])c(OC(C)C)c1. The lowest BCUT2D eigenvalue weighted by atomic mass is 10.2. The van der Waals surface area contributed by atoms with Crippen molar-refractivity contribution in [3.05, 3.63) is 28.3 Å². The van der Waals surface area contributed by atoms with Crippen molar-refractivity contribution in [2.45, 2.75) is 20.0 Å². The summed E-state index contributed by atoms with van der Waals surface area (Å²) in [5, 5.41) is 13.8. The van der Waals surface area contributed by atoms with Crippen molar-refractivity contribution in [2.24, 2.45) is 0 Å². The molecular formula is C12H19N3O5S. The van der Waals surface area contributed by atoms with Crippen LogP contribution < -0.4 is 14.8 Å². The first-order chi connectivity index (χ1) is 9.75. The van der Waals surface area contributed by atoms with Crippen molar-refractivity contribution in [1.29, 1.82) is 0 Å². The van der Waals surface area contributed by atoms with Crippen molar-refractivity contribution < 1.29 is 18.1 Å². The molecule has 8 nitrogen and oxygen atoms in total. The maximum atomic E-state index is 11.3. The Morgan fingerprint density at radius 3 is 2.57 bits per heavy atom. The van der Waals surface area contributed by atoms with Crippen molar-refractivity contribution in [1.82, 2.24) is 4.72 Å². The van der Waals surface area contributed by atoms with Crippen LogP contribution >= 0.6 is 0 Å². The summed E-state index contributed by atoms with van der Waals surface area (Å²) in [4.78, 5) is 10.4. The molecule has 0 bridgehead atoms. The molecule has 0 heterocycles. The van der Waals surface area contributed by atoms with Crippen LogP contribution in [0.3, 0.4) is 0 Å². The normalized spacial score (nSPS) is 11.4. The lowest BCUT2D eigenvalue weighted by Crippen LogP contribution is -2.26. The average molecular weight is 317 g/mol. The van der Waals surface area contributed by atoms with Gasteiger partial charge in [0, 0.05) is 24.4 Å². The van der Waals surface area contributed by atoms with E-state index in [1.54, 1.807) is 13.8 Å². The van der Waals surface area contributed by atoms with Gasteiger partial charge < -0.3 is 10.1 Å². The van der Waals surface area contributed by atoms with Gasteiger partial charge in [-0.05, 0) is 27.0 Å². The second-order valence-corrected chi connectivity index (χ2v) is 6.60. The summed E-state index contributed by atoms with van der Waals surface area (Å²) in [6.45, 7) is 3.72. The highest BCUT2D eigenvalue weighted by molar-refractivity contribution is 7.89. The van der Waals surface area contributed by atoms with Gasteiger partial charge in [0.2, 0.25) is 10.0 Å². The first-order valence-corrected chi connectivity index (χ1v) is 8.00. The Kier molecular flexibility index (Phi) is 5.91. The van der Waals surface area contributed by atoms with Gasteiger partial charge in [-0.25, -0.2) is 13.1 Å². The molecule has 0 radical (unpaired) electrons. The number of nitro groups is 1. The molecule has 0 aliphatic carbocycles. The number of nitrogens with zero attached hydrogens (tertiary/aromatic N) is 1. The molecule has 0 atom stereocenters. The minimum Gasteiger partial charge on any atom is -0.484 e. The third-order valence-electron chi connectivity index (χ3n) is 2.53. The largest absolute Gasteiger partial charge is 0.484 e. The fourth-order valence-electron chi connectivity index (χ4n) is 1.56. The molecule has 118 valence electrons. The van der Waals surface area contributed by atoms with Crippen LogP contribution in [0.4, 0.5) is 11.4 Å². The summed E-state index contributed by atoms with van der Waals surface area (Å²) in [7, 11) is -1.95. The third kappa shape index (κ3) is 5.56. The highest BCUT2D eigenvalue weighted by Crippen LogP contribution is 2.30. The lowest BCUT2D eigenvalue weighted by Gasteiger charge is -2.12. The Labute approximate surface area is 123 Å². The minimum atomic E-state index is -3.29. The van der Waals surface area contributed by atoms with E-state index >= 15 is 0 Å². The Morgan fingerprint density at radius 1 is 1.38 bits per heavy atom. The van der Waals surface area contributed by atoms with Crippen LogP contribution in [0.15, 0.2) is 18.2 Å².